The molecule has 0 bridgehead atoms. The Balaban J connectivity index is 1.65. The third-order valence-electron chi connectivity index (χ3n) is 7.75. The van der Waals surface area contributed by atoms with Gasteiger partial charge in [-0.3, -0.25) is 18.8 Å². The molecule has 0 saturated carbocycles. The van der Waals surface area contributed by atoms with Crippen molar-refractivity contribution in [3.63, 3.8) is 0 Å². The molecule has 0 fully saturated rings. The number of nitrogens with one attached hydrogen (secondary N) is 2. The van der Waals surface area contributed by atoms with Gasteiger partial charge in [0.25, 0.3) is 5.56 Å². The second-order valence-electron chi connectivity index (χ2n) is 11.4. The zero-order chi connectivity index (χ0) is 34.1. The van der Waals surface area contributed by atoms with E-state index in [1.165, 1.54) is 28.6 Å². The predicted octanol–water partition coefficient (Wildman–Crippen LogP) is 7.38. The second-order valence-corrected chi connectivity index (χ2v) is 12.4. The first kappa shape index (κ1) is 33.0. The number of para-hydroxylation sites is 1. The molecule has 9 nitrogen and oxygen atoms in total. The number of rotatable bonds is 11. The van der Waals surface area contributed by atoms with Gasteiger partial charge in [-0.05, 0) is 67.4 Å². The molecule has 0 aliphatic rings. The molecule has 0 aliphatic heterocycles. The van der Waals surface area contributed by atoms with Gasteiger partial charge in [-0.15, -0.1) is 0 Å². The largest absolute Gasteiger partial charge is 0.490 e. The quantitative estimate of drug-likeness (QED) is 0.108. The van der Waals surface area contributed by atoms with Gasteiger partial charge in [0.15, 0.2) is 5.82 Å². The smallest absolute Gasteiger partial charge is 0.266 e. The standard InChI is InChI=1S/C35H31ClF2N6O3S/c1-19(2)47-30-8-6-5-7-24(30)21-9-10-25-27(16-21)40-34(28(39-18-45)15-20-13-22(37)17-23(38)14-20)44(35(25)46)29-12-11-26(36)31-32(29)43(3)41-33(31)42-48-4/h5-14,16-19,28H,15H2,1-4H3,(H,39,45)(H,41,42). The maximum atomic E-state index is 14.6. The number of amides is 1. The fourth-order valence-corrected chi connectivity index (χ4v) is 6.46. The van der Waals surface area contributed by atoms with Gasteiger partial charge in [0.05, 0.1) is 44.7 Å². The summed E-state index contributed by atoms with van der Waals surface area (Å²) in [5.41, 5.74) is 2.68. The first-order valence-corrected chi connectivity index (χ1v) is 16.6. The molecule has 6 rings (SSSR count). The van der Waals surface area contributed by atoms with E-state index in [-0.39, 0.29) is 23.9 Å². The molecule has 0 spiro atoms. The van der Waals surface area contributed by atoms with Crippen LogP contribution in [-0.4, -0.2) is 38.1 Å². The van der Waals surface area contributed by atoms with E-state index in [4.69, 9.17) is 21.3 Å². The first-order valence-electron chi connectivity index (χ1n) is 15.0. The number of carbonyl (C=O) groups is 1. The molecule has 48 heavy (non-hydrogen) atoms. The average Bonchev–Trinajstić information content (AvgIpc) is 3.37. The third-order valence-corrected chi connectivity index (χ3v) is 8.47. The summed E-state index contributed by atoms with van der Waals surface area (Å²) in [6.07, 6.45) is 2.18. The molecule has 0 radical (unpaired) electrons. The molecule has 0 aliphatic carbocycles. The molecule has 1 unspecified atom stereocenters. The van der Waals surface area contributed by atoms with E-state index in [1.807, 2.05) is 50.4 Å². The Morgan fingerprint density at radius 1 is 1.04 bits per heavy atom. The van der Waals surface area contributed by atoms with E-state index >= 15 is 0 Å². The number of nitrogens with zero attached hydrogens (tertiary/aromatic N) is 4. The number of benzene rings is 4. The predicted molar refractivity (Wildman–Crippen MR) is 187 cm³/mol. The molecule has 1 atom stereocenters. The molecule has 1 amide bonds. The highest BCUT2D eigenvalue weighted by Gasteiger charge is 2.26. The zero-order valence-electron chi connectivity index (χ0n) is 26.4. The van der Waals surface area contributed by atoms with Crippen molar-refractivity contribution in [2.45, 2.75) is 32.4 Å². The second kappa shape index (κ2) is 13.7. The van der Waals surface area contributed by atoms with Crippen molar-refractivity contribution >= 4 is 57.6 Å². The molecular weight excluding hydrogens is 658 g/mol. The van der Waals surface area contributed by atoms with E-state index in [2.05, 4.69) is 15.1 Å². The lowest BCUT2D eigenvalue weighted by Gasteiger charge is -2.22. The normalized spacial score (nSPS) is 12.1. The van der Waals surface area contributed by atoms with Crippen LogP contribution in [0.4, 0.5) is 14.6 Å². The van der Waals surface area contributed by atoms with Gasteiger partial charge in [0, 0.05) is 31.4 Å². The van der Waals surface area contributed by atoms with Crippen LogP contribution in [0.5, 0.6) is 5.75 Å². The van der Waals surface area contributed by atoms with E-state index in [0.29, 0.717) is 50.5 Å². The first-order chi connectivity index (χ1) is 23.1. The Bertz CT molecular complexity index is 2220. The van der Waals surface area contributed by atoms with Crippen LogP contribution in [0.15, 0.2) is 77.6 Å². The number of ether oxygens (including phenoxy) is 1. The van der Waals surface area contributed by atoms with Crippen LogP contribution in [0.25, 0.3) is 38.6 Å². The van der Waals surface area contributed by atoms with Gasteiger partial charge < -0.3 is 14.8 Å². The molecule has 4 aromatic carbocycles. The number of anilines is 1. The number of carbonyl (C=O) groups excluding carboxylic acids is 1. The van der Waals surface area contributed by atoms with E-state index in [0.717, 1.165) is 17.2 Å². The van der Waals surface area contributed by atoms with Crippen molar-refractivity contribution in [2.24, 2.45) is 7.05 Å². The van der Waals surface area contributed by atoms with Gasteiger partial charge in [0.1, 0.15) is 23.2 Å². The van der Waals surface area contributed by atoms with Crippen molar-refractivity contribution in [1.29, 1.82) is 0 Å². The van der Waals surface area contributed by atoms with Crippen molar-refractivity contribution in [2.75, 3.05) is 11.0 Å². The summed E-state index contributed by atoms with van der Waals surface area (Å²) in [7, 11) is 1.73. The highest BCUT2D eigenvalue weighted by atomic mass is 35.5. The van der Waals surface area contributed by atoms with Crippen LogP contribution in [0.1, 0.15) is 31.3 Å². The van der Waals surface area contributed by atoms with Crippen LogP contribution in [0, 0.1) is 11.6 Å². The maximum Gasteiger partial charge on any atom is 0.266 e. The number of hydrogen-bond acceptors (Lipinski definition) is 7. The van der Waals surface area contributed by atoms with Crippen LogP contribution in [0.2, 0.25) is 5.02 Å². The molecule has 2 N–H and O–H groups in total. The van der Waals surface area contributed by atoms with E-state index in [9.17, 15) is 18.4 Å². The van der Waals surface area contributed by atoms with Crippen molar-refractivity contribution in [1.82, 2.24) is 24.6 Å². The van der Waals surface area contributed by atoms with Crippen LogP contribution < -0.4 is 20.3 Å². The summed E-state index contributed by atoms with van der Waals surface area (Å²) in [6, 6.07) is 18.4. The fourth-order valence-electron chi connectivity index (χ4n) is 5.88. The number of fused-ring (bicyclic) bond motifs is 2. The van der Waals surface area contributed by atoms with Crippen LogP contribution in [-0.2, 0) is 18.3 Å². The highest BCUT2D eigenvalue weighted by Crippen LogP contribution is 2.37. The Labute approximate surface area is 284 Å². The summed E-state index contributed by atoms with van der Waals surface area (Å²) in [6.45, 7) is 3.88. The van der Waals surface area contributed by atoms with E-state index < -0.39 is 23.2 Å². The van der Waals surface area contributed by atoms with Crippen molar-refractivity contribution in [3.8, 4) is 22.6 Å². The summed E-state index contributed by atoms with van der Waals surface area (Å²) in [5.74, 6) is -0.233. The lowest BCUT2D eigenvalue weighted by molar-refractivity contribution is -0.110. The summed E-state index contributed by atoms with van der Waals surface area (Å²) in [5, 5.41) is 8.61. The van der Waals surface area contributed by atoms with Gasteiger partial charge in [-0.2, -0.15) is 5.10 Å². The number of aryl methyl sites for hydroxylation is 1. The molecular formula is C35H31ClF2N6O3S. The van der Waals surface area contributed by atoms with Crippen LogP contribution in [0.3, 0.4) is 0 Å². The Kier molecular flexibility index (Phi) is 9.38. The van der Waals surface area contributed by atoms with E-state index in [1.54, 1.807) is 36.0 Å². The number of halogens is 3. The lowest BCUT2D eigenvalue weighted by atomic mass is 10.0. The van der Waals surface area contributed by atoms with Gasteiger partial charge in [0.2, 0.25) is 6.41 Å². The SMILES string of the molecule is CSNc1nn(C)c2c(-n3c(C(Cc4cc(F)cc(F)c4)NC=O)nc4cc(-c5ccccc5OC(C)C)ccc4c3=O)ccc(Cl)c12. The molecule has 6 aromatic rings. The lowest BCUT2D eigenvalue weighted by Crippen LogP contribution is -2.32. The van der Waals surface area contributed by atoms with Gasteiger partial charge in [-0.1, -0.05) is 47.8 Å². The highest BCUT2D eigenvalue weighted by molar-refractivity contribution is 7.99. The summed E-state index contributed by atoms with van der Waals surface area (Å²) < 4.78 is 40.8. The monoisotopic (exact) mass is 688 g/mol. The molecule has 13 heteroatoms. The average molecular weight is 689 g/mol. The van der Waals surface area contributed by atoms with Crippen molar-refractivity contribution in [3.05, 3.63) is 111 Å². The number of aromatic nitrogens is 4. The molecule has 0 saturated heterocycles. The topological polar surface area (TPSA) is 103 Å². The molecule has 2 heterocycles. The minimum absolute atomic E-state index is 0.0683. The van der Waals surface area contributed by atoms with Crippen molar-refractivity contribution < 1.29 is 18.3 Å². The third kappa shape index (κ3) is 6.33. The Morgan fingerprint density at radius 3 is 2.50 bits per heavy atom. The number of hydrogen-bond donors (Lipinski definition) is 2. The molecule has 2 aromatic heterocycles. The zero-order valence-corrected chi connectivity index (χ0v) is 28.0. The Hall–Kier alpha value is -4.94. The minimum Gasteiger partial charge on any atom is -0.490 e. The fraction of sp³-hybridized carbons (Fsp3) is 0.200. The maximum absolute atomic E-state index is 14.6. The summed E-state index contributed by atoms with van der Waals surface area (Å²) >= 11 is 8.00. The minimum atomic E-state index is -0.983. The van der Waals surface area contributed by atoms with Gasteiger partial charge >= 0.3 is 0 Å². The summed E-state index contributed by atoms with van der Waals surface area (Å²) in [4.78, 5) is 31.6. The van der Waals surface area contributed by atoms with Crippen LogP contribution >= 0.6 is 23.5 Å². The molecule has 246 valence electrons. The Morgan fingerprint density at radius 2 is 1.79 bits per heavy atom. The van der Waals surface area contributed by atoms with Gasteiger partial charge in [-0.25, -0.2) is 13.8 Å².